The fraction of sp³-hybridized carbons (Fsp3) is 0.250. The Morgan fingerprint density at radius 1 is 1.44 bits per heavy atom. The summed E-state index contributed by atoms with van der Waals surface area (Å²) in [5, 5.41) is 12.1. The van der Waals surface area contributed by atoms with Gasteiger partial charge >= 0.3 is 0 Å². The summed E-state index contributed by atoms with van der Waals surface area (Å²) in [7, 11) is 0. The summed E-state index contributed by atoms with van der Waals surface area (Å²) in [5.41, 5.74) is 1.64. The van der Waals surface area contributed by atoms with Gasteiger partial charge in [-0.15, -0.1) is 10.2 Å². The zero-order valence-electron chi connectivity index (χ0n) is 10.0. The van der Waals surface area contributed by atoms with Crippen molar-refractivity contribution in [2.45, 2.75) is 20.3 Å². The summed E-state index contributed by atoms with van der Waals surface area (Å²) < 4.78 is 0.769. The van der Waals surface area contributed by atoms with Crippen LogP contribution in [0.15, 0.2) is 22.7 Å². The molecule has 0 radical (unpaired) electrons. The fourth-order valence-electron chi connectivity index (χ4n) is 1.42. The maximum atomic E-state index is 12.1. The molecule has 0 saturated carbocycles. The smallest absolute Gasteiger partial charge is 0.258 e. The number of hydrogen-bond acceptors (Lipinski definition) is 4. The molecule has 0 aliphatic carbocycles. The number of nitrogens with one attached hydrogen (secondary N) is 1. The van der Waals surface area contributed by atoms with Crippen LogP contribution in [0, 0.1) is 6.92 Å². The monoisotopic (exact) mass is 325 g/mol. The van der Waals surface area contributed by atoms with Gasteiger partial charge in [0.15, 0.2) is 0 Å². The molecule has 1 aromatic heterocycles. The average molecular weight is 326 g/mol. The standard InChI is InChI=1S/C12H12BrN3OS/c1-3-10-15-16-12(18-10)14-11(17)8-6-7(2)4-5-9(8)13/h4-6H,3H2,1-2H3,(H,14,16,17). The first-order valence-electron chi connectivity index (χ1n) is 5.50. The molecule has 0 spiro atoms. The number of aryl methyl sites for hydroxylation is 2. The second-order valence-electron chi connectivity index (χ2n) is 3.79. The van der Waals surface area contributed by atoms with Crippen LogP contribution in [0.3, 0.4) is 0 Å². The van der Waals surface area contributed by atoms with Gasteiger partial charge in [0.2, 0.25) is 5.13 Å². The molecule has 94 valence electrons. The summed E-state index contributed by atoms with van der Waals surface area (Å²) >= 11 is 4.77. The van der Waals surface area contributed by atoms with E-state index in [0.29, 0.717) is 10.7 Å². The van der Waals surface area contributed by atoms with Crippen molar-refractivity contribution in [3.05, 3.63) is 38.8 Å². The number of hydrogen-bond donors (Lipinski definition) is 1. The van der Waals surface area contributed by atoms with Crippen molar-refractivity contribution in [1.82, 2.24) is 10.2 Å². The number of rotatable bonds is 3. The van der Waals surface area contributed by atoms with E-state index >= 15 is 0 Å². The highest BCUT2D eigenvalue weighted by Gasteiger charge is 2.12. The Morgan fingerprint density at radius 2 is 2.22 bits per heavy atom. The minimum absolute atomic E-state index is 0.177. The molecule has 0 aliphatic rings. The molecular formula is C12H12BrN3OS. The molecule has 0 saturated heterocycles. The number of carbonyl (C=O) groups is 1. The molecule has 4 nitrogen and oxygen atoms in total. The van der Waals surface area contributed by atoms with Gasteiger partial charge in [-0.05, 0) is 41.4 Å². The van der Waals surface area contributed by atoms with Crippen LogP contribution in [0.25, 0.3) is 0 Å². The lowest BCUT2D eigenvalue weighted by atomic mass is 10.1. The maximum Gasteiger partial charge on any atom is 0.258 e. The molecule has 2 aromatic rings. The lowest BCUT2D eigenvalue weighted by Gasteiger charge is -2.04. The second kappa shape index (κ2) is 5.58. The third-order valence-corrected chi connectivity index (χ3v) is 4.03. The van der Waals surface area contributed by atoms with Crippen LogP contribution in [0.4, 0.5) is 5.13 Å². The topological polar surface area (TPSA) is 54.9 Å². The first-order chi connectivity index (χ1) is 8.60. The van der Waals surface area contributed by atoms with Gasteiger partial charge in [-0.3, -0.25) is 10.1 Å². The van der Waals surface area contributed by atoms with E-state index in [2.05, 4.69) is 31.4 Å². The number of nitrogens with zero attached hydrogens (tertiary/aromatic N) is 2. The number of halogens is 1. The van der Waals surface area contributed by atoms with Gasteiger partial charge in [-0.1, -0.05) is 29.9 Å². The minimum atomic E-state index is -0.177. The van der Waals surface area contributed by atoms with Gasteiger partial charge in [0.05, 0.1) is 5.56 Å². The summed E-state index contributed by atoms with van der Waals surface area (Å²) in [6.45, 7) is 3.95. The van der Waals surface area contributed by atoms with Crippen molar-refractivity contribution >= 4 is 38.3 Å². The normalized spacial score (nSPS) is 10.4. The third-order valence-electron chi connectivity index (χ3n) is 2.36. The van der Waals surface area contributed by atoms with Crippen LogP contribution in [-0.2, 0) is 6.42 Å². The molecule has 1 heterocycles. The lowest BCUT2D eigenvalue weighted by Crippen LogP contribution is -2.12. The predicted molar refractivity (Wildman–Crippen MR) is 76.1 cm³/mol. The Kier molecular flexibility index (Phi) is 4.08. The molecule has 1 N–H and O–H groups in total. The van der Waals surface area contributed by atoms with Crippen LogP contribution in [-0.4, -0.2) is 16.1 Å². The van der Waals surface area contributed by atoms with Gasteiger partial charge in [0.1, 0.15) is 5.01 Å². The summed E-state index contributed by atoms with van der Waals surface area (Å²) in [4.78, 5) is 12.1. The molecule has 1 amide bonds. The van der Waals surface area contributed by atoms with E-state index in [9.17, 15) is 4.79 Å². The Labute approximate surface area is 118 Å². The van der Waals surface area contributed by atoms with Gasteiger partial charge in [0.25, 0.3) is 5.91 Å². The van der Waals surface area contributed by atoms with Crippen molar-refractivity contribution in [3.8, 4) is 0 Å². The minimum Gasteiger partial charge on any atom is -0.296 e. The Morgan fingerprint density at radius 3 is 2.89 bits per heavy atom. The highest BCUT2D eigenvalue weighted by molar-refractivity contribution is 9.10. The van der Waals surface area contributed by atoms with Gasteiger partial charge in [-0.25, -0.2) is 0 Å². The van der Waals surface area contributed by atoms with Crippen molar-refractivity contribution in [2.24, 2.45) is 0 Å². The average Bonchev–Trinajstić information content (AvgIpc) is 2.80. The Bertz CT molecular complexity index is 582. The maximum absolute atomic E-state index is 12.1. The number of benzene rings is 1. The second-order valence-corrected chi connectivity index (χ2v) is 5.71. The van der Waals surface area contributed by atoms with Gasteiger partial charge in [-0.2, -0.15) is 0 Å². The molecule has 0 bridgehead atoms. The molecule has 0 aliphatic heterocycles. The van der Waals surface area contributed by atoms with Crippen LogP contribution in [0.2, 0.25) is 0 Å². The van der Waals surface area contributed by atoms with E-state index in [4.69, 9.17) is 0 Å². The predicted octanol–water partition coefficient (Wildman–Crippen LogP) is 3.42. The van der Waals surface area contributed by atoms with Crippen LogP contribution < -0.4 is 5.32 Å². The summed E-state index contributed by atoms with van der Waals surface area (Å²) in [6.07, 6.45) is 0.821. The van der Waals surface area contributed by atoms with Crippen molar-refractivity contribution in [3.63, 3.8) is 0 Å². The SMILES string of the molecule is CCc1nnc(NC(=O)c2cc(C)ccc2Br)s1. The third kappa shape index (κ3) is 2.94. The fourth-order valence-corrected chi connectivity index (χ4v) is 2.53. The molecule has 18 heavy (non-hydrogen) atoms. The molecule has 0 atom stereocenters. The Balaban J connectivity index is 2.19. The first-order valence-corrected chi connectivity index (χ1v) is 7.11. The van der Waals surface area contributed by atoms with E-state index < -0.39 is 0 Å². The molecule has 0 fully saturated rings. The van der Waals surface area contributed by atoms with E-state index in [1.807, 2.05) is 32.0 Å². The molecule has 0 unspecified atom stereocenters. The summed E-state index contributed by atoms with van der Waals surface area (Å²) in [5.74, 6) is -0.177. The van der Waals surface area contributed by atoms with Crippen LogP contribution in [0.1, 0.15) is 27.9 Å². The number of amides is 1. The Hall–Kier alpha value is -1.27. The molecule has 6 heteroatoms. The van der Waals surface area contributed by atoms with Crippen LogP contribution >= 0.6 is 27.3 Å². The highest BCUT2D eigenvalue weighted by Crippen LogP contribution is 2.21. The van der Waals surface area contributed by atoms with Crippen LogP contribution in [0.5, 0.6) is 0 Å². The zero-order valence-corrected chi connectivity index (χ0v) is 12.4. The highest BCUT2D eigenvalue weighted by atomic mass is 79.9. The van der Waals surface area contributed by atoms with Crippen molar-refractivity contribution < 1.29 is 4.79 Å². The van der Waals surface area contributed by atoms with Crippen molar-refractivity contribution in [1.29, 1.82) is 0 Å². The molecular weight excluding hydrogens is 314 g/mol. The van der Waals surface area contributed by atoms with E-state index in [1.165, 1.54) is 11.3 Å². The van der Waals surface area contributed by atoms with E-state index in [-0.39, 0.29) is 5.91 Å². The summed E-state index contributed by atoms with van der Waals surface area (Å²) in [6, 6.07) is 5.64. The zero-order chi connectivity index (χ0) is 13.1. The van der Waals surface area contributed by atoms with Gasteiger partial charge < -0.3 is 0 Å². The molecule has 2 rings (SSSR count). The quantitative estimate of drug-likeness (QED) is 0.940. The number of aromatic nitrogens is 2. The van der Waals surface area contributed by atoms with E-state index in [1.54, 1.807) is 0 Å². The number of anilines is 1. The molecule has 1 aromatic carbocycles. The largest absolute Gasteiger partial charge is 0.296 e. The van der Waals surface area contributed by atoms with Crippen molar-refractivity contribution in [2.75, 3.05) is 5.32 Å². The lowest BCUT2D eigenvalue weighted by molar-refractivity contribution is 0.102. The first kappa shape index (κ1) is 13.2. The number of carbonyl (C=O) groups excluding carboxylic acids is 1. The van der Waals surface area contributed by atoms with E-state index in [0.717, 1.165) is 21.5 Å². The van der Waals surface area contributed by atoms with Gasteiger partial charge in [0, 0.05) is 4.47 Å².